The summed E-state index contributed by atoms with van der Waals surface area (Å²) in [4.78, 5) is 0. The van der Waals surface area contributed by atoms with Crippen LogP contribution in [0.3, 0.4) is 0 Å². The van der Waals surface area contributed by atoms with E-state index in [9.17, 15) is 0 Å². The third kappa shape index (κ3) is 0.787. The van der Waals surface area contributed by atoms with Crippen molar-refractivity contribution in [2.75, 3.05) is 0 Å². The van der Waals surface area contributed by atoms with Crippen molar-refractivity contribution in [3.05, 3.63) is 0 Å². The smallest absolute Gasteiger partial charge is 0.0923 e. The highest BCUT2D eigenvalue weighted by molar-refractivity contribution is 5.02. The largest absolute Gasteiger partial charge is 0.366 e. The molecule has 0 bridgehead atoms. The fourth-order valence-electron chi connectivity index (χ4n) is 2.06. The Hall–Kier alpha value is -0.0400. The van der Waals surface area contributed by atoms with Gasteiger partial charge in [-0.25, -0.2) is 0 Å². The molecular weight excluding hydrogens is 112 g/mol. The van der Waals surface area contributed by atoms with Crippen LogP contribution in [0.4, 0.5) is 0 Å². The summed E-state index contributed by atoms with van der Waals surface area (Å²) < 4.78 is 5.54. The van der Waals surface area contributed by atoms with Crippen molar-refractivity contribution in [1.29, 1.82) is 0 Å². The molecule has 0 amide bonds. The van der Waals surface area contributed by atoms with Crippen LogP contribution in [0.1, 0.15) is 33.1 Å². The van der Waals surface area contributed by atoms with Gasteiger partial charge >= 0.3 is 0 Å². The van der Waals surface area contributed by atoms with Crippen LogP contribution in [0.15, 0.2) is 0 Å². The quantitative estimate of drug-likeness (QED) is 0.452. The molecule has 1 heteroatoms. The lowest BCUT2D eigenvalue weighted by Gasteiger charge is -2.18. The number of rotatable bonds is 0. The summed E-state index contributed by atoms with van der Waals surface area (Å²) in [6, 6.07) is 0. The van der Waals surface area contributed by atoms with E-state index in [-0.39, 0.29) is 0 Å². The predicted molar refractivity (Wildman–Crippen MR) is 36.3 cm³/mol. The van der Waals surface area contributed by atoms with Gasteiger partial charge in [0.05, 0.1) is 11.7 Å². The summed E-state index contributed by atoms with van der Waals surface area (Å²) in [6.45, 7) is 4.57. The van der Waals surface area contributed by atoms with Crippen molar-refractivity contribution in [3.63, 3.8) is 0 Å². The molecular formula is C8H14O. The van der Waals surface area contributed by atoms with Crippen molar-refractivity contribution in [2.45, 2.75) is 44.8 Å². The Morgan fingerprint density at radius 3 is 2.78 bits per heavy atom. The van der Waals surface area contributed by atoms with Crippen LogP contribution in [0, 0.1) is 5.92 Å². The van der Waals surface area contributed by atoms with E-state index in [0.717, 1.165) is 5.92 Å². The summed E-state index contributed by atoms with van der Waals surface area (Å²) in [5, 5.41) is 0. The van der Waals surface area contributed by atoms with E-state index in [2.05, 4.69) is 13.8 Å². The van der Waals surface area contributed by atoms with Gasteiger partial charge < -0.3 is 4.74 Å². The van der Waals surface area contributed by atoms with E-state index in [4.69, 9.17) is 4.74 Å². The molecule has 0 radical (unpaired) electrons. The average Bonchev–Trinajstić information content (AvgIpc) is 2.38. The second-order valence-electron chi connectivity index (χ2n) is 3.81. The fraction of sp³-hybridized carbons (Fsp3) is 1.00. The molecule has 1 aliphatic carbocycles. The highest BCUT2D eigenvalue weighted by atomic mass is 16.6. The molecule has 2 rings (SSSR count). The van der Waals surface area contributed by atoms with Gasteiger partial charge in [-0.2, -0.15) is 0 Å². The minimum atomic E-state index is 0.317. The van der Waals surface area contributed by atoms with Gasteiger partial charge in [-0.1, -0.05) is 6.92 Å². The molecule has 1 nitrogen and oxygen atoms in total. The first kappa shape index (κ1) is 5.72. The number of hydrogen-bond donors (Lipinski definition) is 0. The first-order valence-corrected chi connectivity index (χ1v) is 3.88. The molecule has 1 heterocycles. The molecule has 0 aromatic heterocycles. The molecule has 9 heavy (non-hydrogen) atoms. The molecule has 2 fully saturated rings. The Bertz CT molecular complexity index is 133. The van der Waals surface area contributed by atoms with Crippen LogP contribution in [-0.2, 0) is 4.74 Å². The molecule has 0 N–H and O–H groups in total. The van der Waals surface area contributed by atoms with E-state index >= 15 is 0 Å². The maximum atomic E-state index is 5.54. The second-order valence-corrected chi connectivity index (χ2v) is 3.81. The van der Waals surface area contributed by atoms with Crippen LogP contribution >= 0.6 is 0 Å². The van der Waals surface area contributed by atoms with E-state index in [0.29, 0.717) is 11.7 Å². The molecule has 2 aliphatic rings. The molecule has 3 unspecified atom stereocenters. The number of ether oxygens (including phenoxy) is 1. The van der Waals surface area contributed by atoms with E-state index < -0.39 is 0 Å². The Labute approximate surface area is 56.4 Å². The monoisotopic (exact) mass is 126 g/mol. The summed E-state index contributed by atoms with van der Waals surface area (Å²) in [5.41, 5.74) is 0.317. The minimum absolute atomic E-state index is 0.317. The minimum Gasteiger partial charge on any atom is -0.366 e. The molecule has 1 saturated carbocycles. The van der Waals surface area contributed by atoms with Gasteiger partial charge in [-0.05, 0) is 32.1 Å². The third-order valence-corrected chi connectivity index (χ3v) is 2.71. The van der Waals surface area contributed by atoms with Crippen LogP contribution in [0.2, 0.25) is 0 Å². The van der Waals surface area contributed by atoms with Gasteiger partial charge in [0.15, 0.2) is 0 Å². The van der Waals surface area contributed by atoms with Crippen LogP contribution in [0.5, 0.6) is 0 Å². The van der Waals surface area contributed by atoms with Gasteiger partial charge in [0.25, 0.3) is 0 Å². The Balaban J connectivity index is 2.03. The SMILES string of the molecule is CC1CCC2OC2(C)C1. The van der Waals surface area contributed by atoms with Gasteiger partial charge in [-0.3, -0.25) is 0 Å². The Morgan fingerprint density at radius 2 is 2.22 bits per heavy atom. The van der Waals surface area contributed by atoms with Crippen molar-refractivity contribution in [1.82, 2.24) is 0 Å². The first-order valence-electron chi connectivity index (χ1n) is 3.88. The van der Waals surface area contributed by atoms with Gasteiger partial charge in [-0.15, -0.1) is 0 Å². The standard InChI is InChI=1S/C8H14O/c1-6-3-4-7-8(2,5-6)9-7/h6-7H,3-5H2,1-2H3. The maximum Gasteiger partial charge on any atom is 0.0923 e. The van der Waals surface area contributed by atoms with Gasteiger partial charge in [0, 0.05) is 0 Å². The van der Waals surface area contributed by atoms with E-state index in [1.54, 1.807) is 0 Å². The zero-order chi connectivity index (χ0) is 6.48. The molecule has 0 aromatic rings. The number of hydrogen-bond acceptors (Lipinski definition) is 1. The van der Waals surface area contributed by atoms with E-state index in [1.807, 2.05) is 0 Å². The maximum absolute atomic E-state index is 5.54. The fourth-order valence-corrected chi connectivity index (χ4v) is 2.06. The lowest BCUT2D eigenvalue weighted by atomic mass is 9.84. The first-order chi connectivity index (χ1) is 4.21. The van der Waals surface area contributed by atoms with Crippen molar-refractivity contribution >= 4 is 0 Å². The lowest BCUT2D eigenvalue weighted by molar-refractivity contribution is 0.282. The highest BCUT2D eigenvalue weighted by Crippen LogP contribution is 2.48. The predicted octanol–water partition coefficient (Wildman–Crippen LogP) is 1.96. The molecule has 1 saturated heterocycles. The molecule has 1 aliphatic heterocycles. The highest BCUT2D eigenvalue weighted by Gasteiger charge is 2.54. The van der Waals surface area contributed by atoms with Gasteiger partial charge in [0.2, 0.25) is 0 Å². The Kier molecular flexibility index (Phi) is 0.963. The zero-order valence-electron chi connectivity index (χ0n) is 6.18. The molecule has 0 spiro atoms. The van der Waals surface area contributed by atoms with Crippen LogP contribution in [0.25, 0.3) is 0 Å². The van der Waals surface area contributed by atoms with Crippen LogP contribution < -0.4 is 0 Å². The van der Waals surface area contributed by atoms with Gasteiger partial charge in [0.1, 0.15) is 0 Å². The van der Waals surface area contributed by atoms with Crippen molar-refractivity contribution in [3.8, 4) is 0 Å². The molecule has 0 aromatic carbocycles. The summed E-state index contributed by atoms with van der Waals surface area (Å²) in [6.07, 6.45) is 4.60. The molecule has 3 atom stereocenters. The van der Waals surface area contributed by atoms with Crippen molar-refractivity contribution < 1.29 is 4.74 Å². The average molecular weight is 126 g/mol. The summed E-state index contributed by atoms with van der Waals surface area (Å²) in [5.74, 6) is 0.897. The van der Waals surface area contributed by atoms with Crippen LogP contribution in [-0.4, -0.2) is 11.7 Å². The Morgan fingerprint density at radius 1 is 1.44 bits per heavy atom. The third-order valence-electron chi connectivity index (χ3n) is 2.71. The van der Waals surface area contributed by atoms with Crippen molar-refractivity contribution in [2.24, 2.45) is 5.92 Å². The number of fused-ring (bicyclic) bond motifs is 1. The normalized spacial score (nSPS) is 56.7. The second kappa shape index (κ2) is 1.51. The topological polar surface area (TPSA) is 12.5 Å². The lowest BCUT2D eigenvalue weighted by Crippen LogP contribution is -2.20. The zero-order valence-corrected chi connectivity index (χ0v) is 6.18. The van der Waals surface area contributed by atoms with E-state index in [1.165, 1.54) is 19.3 Å². The number of epoxide rings is 1. The molecule has 52 valence electrons. The summed E-state index contributed by atoms with van der Waals surface area (Å²) in [7, 11) is 0. The summed E-state index contributed by atoms with van der Waals surface area (Å²) >= 11 is 0.